The number of methoxy groups -OCH3 is 1. The van der Waals surface area contributed by atoms with Crippen LogP contribution in [-0.4, -0.2) is 81.9 Å². The highest BCUT2D eigenvalue weighted by Crippen LogP contribution is 2.20. The summed E-state index contributed by atoms with van der Waals surface area (Å²) in [5.74, 6) is 1.97. The van der Waals surface area contributed by atoms with Crippen LogP contribution in [0.25, 0.3) is 0 Å². The Bertz CT molecular complexity index is 620. The molecular weight excluding hydrogens is 455 g/mol. The van der Waals surface area contributed by atoms with E-state index in [1.54, 1.807) is 7.11 Å². The number of nitrogens with zero attached hydrogens (tertiary/aromatic N) is 3. The molecule has 0 saturated carbocycles. The second kappa shape index (κ2) is 11.1. The van der Waals surface area contributed by atoms with Crippen LogP contribution in [0.1, 0.15) is 17.5 Å². The number of aryl methyl sites for hydroxylation is 1. The first-order valence-electron chi connectivity index (χ1n) is 9.62. The van der Waals surface area contributed by atoms with E-state index in [2.05, 4.69) is 39.2 Å². The summed E-state index contributed by atoms with van der Waals surface area (Å²) in [7, 11) is 3.61. The van der Waals surface area contributed by atoms with Gasteiger partial charge in [-0.15, -0.1) is 24.0 Å². The van der Waals surface area contributed by atoms with Gasteiger partial charge in [0, 0.05) is 45.8 Å². The molecule has 2 saturated heterocycles. The molecule has 1 aromatic rings. The zero-order valence-electron chi connectivity index (χ0n) is 16.7. The van der Waals surface area contributed by atoms with Gasteiger partial charge in [-0.2, -0.15) is 0 Å². The molecule has 2 fully saturated rings. The normalized spacial score (nSPS) is 21.1. The average molecular weight is 488 g/mol. The first kappa shape index (κ1) is 22.2. The number of nitrogens with one attached hydrogen (secondary N) is 1. The average Bonchev–Trinajstić information content (AvgIpc) is 3.16. The van der Waals surface area contributed by atoms with E-state index >= 15 is 0 Å². The van der Waals surface area contributed by atoms with Crippen LogP contribution in [0.2, 0.25) is 0 Å². The molecule has 0 aromatic heterocycles. The van der Waals surface area contributed by atoms with E-state index in [0.29, 0.717) is 6.04 Å². The Morgan fingerprint density at radius 1 is 1.30 bits per heavy atom. The van der Waals surface area contributed by atoms with Gasteiger partial charge in [0.1, 0.15) is 5.75 Å². The minimum absolute atomic E-state index is 0. The van der Waals surface area contributed by atoms with Gasteiger partial charge in [-0.25, -0.2) is 0 Å². The lowest BCUT2D eigenvalue weighted by molar-refractivity contribution is 0.0195. The summed E-state index contributed by atoms with van der Waals surface area (Å²) in [5, 5.41) is 3.53. The van der Waals surface area contributed by atoms with Crippen molar-refractivity contribution in [3.05, 3.63) is 29.3 Å². The quantitative estimate of drug-likeness (QED) is 0.391. The number of likely N-dealkylation sites (tertiary alicyclic amines) is 1. The lowest BCUT2D eigenvalue weighted by Gasteiger charge is -2.32. The first-order chi connectivity index (χ1) is 12.7. The lowest BCUT2D eigenvalue weighted by atomic mass is 10.1. The molecule has 0 bridgehead atoms. The van der Waals surface area contributed by atoms with Gasteiger partial charge in [0.15, 0.2) is 5.96 Å². The zero-order chi connectivity index (χ0) is 18.4. The van der Waals surface area contributed by atoms with Crippen molar-refractivity contribution in [2.75, 3.05) is 60.1 Å². The van der Waals surface area contributed by atoms with Crippen molar-refractivity contribution in [1.29, 1.82) is 0 Å². The third-order valence-electron chi connectivity index (χ3n) is 5.35. The third-order valence-corrected chi connectivity index (χ3v) is 5.35. The molecule has 1 atom stereocenters. The predicted molar refractivity (Wildman–Crippen MR) is 121 cm³/mol. The van der Waals surface area contributed by atoms with Crippen molar-refractivity contribution in [1.82, 2.24) is 15.1 Å². The molecule has 1 aromatic carbocycles. The van der Waals surface area contributed by atoms with Crippen LogP contribution in [0.5, 0.6) is 5.75 Å². The number of hydrogen-bond acceptors (Lipinski definition) is 4. The molecule has 0 aliphatic carbocycles. The van der Waals surface area contributed by atoms with Crippen LogP contribution in [0, 0.1) is 6.92 Å². The highest BCUT2D eigenvalue weighted by molar-refractivity contribution is 14.0. The van der Waals surface area contributed by atoms with E-state index in [0.717, 1.165) is 64.1 Å². The number of benzene rings is 1. The second-order valence-electron chi connectivity index (χ2n) is 7.08. The number of hydrogen-bond donors (Lipinski definition) is 1. The standard InChI is InChI=1S/C20H32N4O2.HI/c1-16-4-5-19(25-3)17(14-16)6-8-22-20(21-2)24-9-7-18(15-24)23-10-12-26-13-11-23;/h4-5,14,18H,6-13,15H2,1-3H3,(H,21,22);1H. The third kappa shape index (κ3) is 5.96. The van der Waals surface area contributed by atoms with Gasteiger partial charge in [0.2, 0.25) is 0 Å². The van der Waals surface area contributed by atoms with Crippen molar-refractivity contribution in [2.24, 2.45) is 4.99 Å². The second-order valence-corrected chi connectivity index (χ2v) is 7.08. The van der Waals surface area contributed by atoms with Crippen molar-refractivity contribution in [3.8, 4) is 5.75 Å². The molecule has 152 valence electrons. The predicted octanol–water partition coefficient (Wildman–Crippen LogP) is 2.15. The van der Waals surface area contributed by atoms with Crippen LogP contribution in [0.4, 0.5) is 0 Å². The van der Waals surface area contributed by atoms with Crippen LogP contribution in [0.15, 0.2) is 23.2 Å². The molecule has 27 heavy (non-hydrogen) atoms. The lowest BCUT2D eigenvalue weighted by Crippen LogP contribution is -2.46. The topological polar surface area (TPSA) is 49.3 Å². The monoisotopic (exact) mass is 488 g/mol. The van der Waals surface area contributed by atoms with Crippen molar-refractivity contribution < 1.29 is 9.47 Å². The Hall–Kier alpha value is -1.06. The molecule has 1 N–H and O–H groups in total. The summed E-state index contributed by atoms with van der Waals surface area (Å²) in [4.78, 5) is 9.44. The van der Waals surface area contributed by atoms with Gasteiger partial charge < -0.3 is 19.7 Å². The van der Waals surface area contributed by atoms with E-state index in [1.807, 2.05) is 13.1 Å². The molecule has 2 aliphatic rings. The van der Waals surface area contributed by atoms with E-state index in [-0.39, 0.29) is 24.0 Å². The molecular formula is C20H33IN4O2. The Morgan fingerprint density at radius 3 is 2.78 bits per heavy atom. The van der Waals surface area contributed by atoms with Gasteiger partial charge in [0.05, 0.1) is 20.3 Å². The molecule has 2 aliphatic heterocycles. The summed E-state index contributed by atoms with van der Waals surface area (Å²) in [5.41, 5.74) is 2.50. The van der Waals surface area contributed by atoms with E-state index < -0.39 is 0 Å². The van der Waals surface area contributed by atoms with Crippen molar-refractivity contribution >= 4 is 29.9 Å². The number of rotatable bonds is 5. The summed E-state index contributed by atoms with van der Waals surface area (Å²) in [6.45, 7) is 8.92. The molecule has 0 radical (unpaired) electrons. The molecule has 2 heterocycles. The highest BCUT2D eigenvalue weighted by Gasteiger charge is 2.30. The van der Waals surface area contributed by atoms with Gasteiger partial charge in [-0.05, 0) is 31.4 Å². The molecule has 1 unspecified atom stereocenters. The highest BCUT2D eigenvalue weighted by atomic mass is 127. The smallest absolute Gasteiger partial charge is 0.193 e. The van der Waals surface area contributed by atoms with Crippen LogP contribution < -0.4 is 10.1 Å². The van der Waals surface area contributed by atoms with Crippen molar-refractivity contribution in [2.45, 2.75) is 25.8 Å². The molecule has 3 rings (SSSR count). The van der Waals surface area contributed by atoms with Crippen molar-refractivity contribution in [3.63, 3.8) is 0 Å². The SMILES string of the molecule is CN=C(NCCc1cc(C)ccc1OC)N1CCC(N2CCOCC2)C1.I. The zero-order valence-corrected chi connectivity index (χ0v) is 19.1. The van der Waals surface area contributed by atoms with Gasteiger partial charge in [0.25, 0.3) is 0 Å². The summed E-state index contributed by atoms with van der Waals surface area (Å²) < 4.78 is 11.0. The number of morpholine rings is 1. The first-order valence-corrected chi connectivity index (χ1v) is 9.62. The minimum Gasteiger partial charge on any atom is -0.496 e. The summed E-state index contributed by atoms with van der Waals surface area (Å²) >= 11 is 0. The molecule has 0 amide bonds. The summed E-state index contributed by atoms with van der Waals surface area (Å²) in [6.07, 6.45) is 2.12. The van der Waals surface area contributed by atoms with Crippen LogP contribution in [-0.2, 0) is 11.2 Å². The van der Waals surface area contributed by atoms with E-state index in [4.69, 9.17) is 9.47 Å². The fourth-order valence-corrected chi connectivity index (χ4v) is 3.92. The Morgan fingerprint density at radius 2 is 2.07 bits per heavy atom. The molecule has 0 spiro atoms. The fourth-order valence-electron chi connectivity index (χ4n) is 3.92. The Balaban J connectivity index is 0.00000261. The van der Waals surface area contributed by atoms with E-state index in [9.17, 15) is 0 Å². The van der Waals surface area contributed by atoms with Crippen LogP contribution in [0.3, 0.4) is 0 Å². The van der Waals surface area contributed by atoms with Gasteiger partial charge in [-0.1, -0.05) is 17.7 Å². The van der Waals surface area contributed by atoms with Gasteiger partial charge in [-0.3, -0.25) is 9.89 Å². The fraction of sp³-hybridized carbons (Fsp3) is 0.650. The minimum atomic E-state index is 0. The van der Waals surface area contributed by atoms with Crippen LogP contribution >= 0.6 is 24.0 Å². The number of aliphatic imine (C=N–C) groups is 1. The number of halogens is 1. The number of ether oxygens (including phenoxy) is 2. The molecule has 6 nitrogen and oxygen atoms in total. The Kier molecular flexibility index (Phi) is 9.11. The Labute approximate surface area is 180 Å². The number of guanidine groups is 1. The van der Waals surface area contributed by atoms with Gasteiger partial charge >= 0.3 is 0 Å². The largest absolute Gasteiger partial charge is 0.496 e. The molecule has 7 heteroatoms. The maximum atomic E-state index is 5.48. The van der Waals surface area contributed by atoms with E-state index in [1.165, 1.54) is 17.5 Å². The summed E-state index contributed by atoms with van der Waals surface area (Å²) in [6, 6.07) is 6.96. The maximum absolute atomic E-state index is 5.48. The maximum Gasteiger partial charge on any atom is 0.193 e.